The SMILES string of the molecule is CC(C)c1cc(N(c2cccnc2)c2cccnc2)c2ccc3c(C(C)C)cc(N(c4cccnc4)c4cccnc4)c4ccc1c2c34. The van der Waals surface area contributed by atoms with Gasteiger partial charge < -0.3 is 9.80 Å². The van der Waals surface area contributed by atoms with Crippen molar-refractivity contribution in [1.82, 2.24) is 19.9 Å². The lowest BCUT2D eigenvalue weighted by Gasteiger charge is -2.31. The van der Waals surface area contributed by atoms with Gasteiger partial charge >= 0.3 is 0 Å². The minimum atomic E-state index is 0.296. The van der Waals surface area contributed by atoms with Crippen molar-refractivity contribution in [2.45, 2.75) is 39.5 Å². The van der Waals surface area contributed by atoms with Crippen molar-refractivity contribution in [3.05, 3.63) is 146 Å². The van der Waals surface area contributed by atoms with E-state index in [-0.39, 0.29) is 0 Å². The van der Waals surface area contributed by atoms with Gasteiger partial charge in [0.05, 0.1) is 58.9 Å². The van der Waals surface area contributed by atoms with Gasteiger partial charge in [-0.05, 0) is 105 Å². The van der Waals surface area contributed by atoms with Crippen LogP contribution in [0, 0.1) is 0 Å². The first-order chi connectivity index (χ1) is 23.5. The second-order valence-electron chi connectivity index (χ2n) is 12.9. The fourth-order valence-electron chi connectivity index (χ4n) is 7.13. The van der Waals surface area contributed by atoms with Gasteiger partial charge in [-0.2, -0.15) is 0 Å². The summed E-state index contributed by atoms with van der Waals surface area (Å²) in [5, 5.41) is 7.46. The second kappa shape index (κ2) is 12.0. The third-order valence-electron chi connectivity index (χ3n) is 9.26. The highest BCUT2D eigenvalue weighted by molar-refractivity contribution is 6.29. The predicted octanol–water partition coefficient (Wildman–Crippen LogP) is 11.4. The molecule has 0 aliphatic carbocycles. The molecule has 0 atom stereocenters. The first-order valence-electron chi connectivity index (χ1n) is 16.5. The minimum absolute atomic E-state index is 0.296. The predicted molar refractivity (Wildman–Crippen MR) is 199 cm³/mol. The monoisotopic (exact) mass is 624 g/mol. The summed E-state index contributed by atoms with van der Waals surface area (Å²) >= 11 is 0. The zero-order valence-corrected chi connectivity index (χ0v) is 27.5. The summed E-state index contributed by atoms with van der Waals surface area (Å²) in [5.74, 6) is 0.591. The van der Waals surface area contributed by atoms with E-state index in [0.29, 0.717) is 11.8 Å². The summed E-state index contributed by atoms with van der Waals surface area (Å²) in [5.41, 5.74) is 8.76. The maximum atomic E-state index is 4.52. The van der Waals surface area contributed by atoms with Crippen LogP contribution >= 0.6 is 0 Å². The summed E-state index contributed by atoms with van der Waals surface area (Å²) in [6.45, 7) is 9.13. The molecule has 0 N–H and O–H groups in total. The van der Waals surface area contributed by atoms with E-state index in [4.69, 9.17) is 0 Å². The Morgan fingerprint density at radius 1 is 0.417 bits per heavy atom. The molecule has 0 saturated carbocycles. The van der Waals surface area contributed by atoms with Gasteiger partial charge in [0.15, 0.2) is 0 Å². The zero-order chi connectivity index (χ0) is 32.8. The number of pyridine rings is 4. The smallest absolute Gasteiger partial charge is 0.0645 e. The molecular formula is C42H36N6. The number of anilines is 6. The standard InChI is InChI=1S/C42H36N6/c1-27(2)37-21-39(47(29-9-5-17-43-23-29)30-10-6-18-44-24-30)35-16-14-34-38(28(3)4)22-40(36-15-13-33(37)41(35)42(34)36)48(31-11-7-19-45-25-31)32-12-8-20-46-26-32/h5-28H,1-4H3. The van der Waals surface area contributed by atoms with Gasteiger partial charge in [0, 0.05) is 35.6 Å². The summed E-state index contributed by atoms with van der Waals surface area (Å²) in [7, 11) is 0. The van der Waals surface area contributed by atoms with Crippen molar-refractivity contribution < 1.29 is 0 Å². The van der Waals surface area contributed by atoms with Crippen molar-refractivity contribution >= 4 is 66.4 Å². The number of rotatable bonds is 8. The van der Waals surface area contributed by atoms with E-state index >= 15 is 0 Å². The highest BCUT2D eigenvalue weighted by atomic mass is 15.2. The molecule has 6 nitrogen and oxygen atoms in total. The van der Waals surface area contributed by atoms with Gasteiger partial charge in [-0.15, -0.1) is 0 Å². The van der Waals surface area contributed by atoms with E-state index in [0.717, 1.165) is 34.1 Å². The summed E-state index contributed by atoms with van der Waals surface area (Å²) in [6.07, 6.45) is 15.0. The Labute approximate surface area is 280 Å². The molecule has 4 heterocycles. The van der Waals surface area contributed by atoms with E-state index in [1.165, 1.54) is 43.4 Å². The molecule has 4 aromatic heterocycles. The Balaban J connectivity index is 1.53. The molecule has 8 aromatic rings. The number of hydrogen-bond donors (Lipinski definition) is 0. The Morgan fingerprint density at radius 3 is 1.00 bits per heavy atom. The molecule has 0 radical (unpaired) electrons. The van der Waals surface area contributed by atoms with E-state index in [1.54, 1.807) is 0 Å². The van der Waals surface area contributed by atoms with Crippen LogP contribution in [0.15, 0.2) is 135 Å². The van der Waals surface area contributed by atoms with Crippen LogP contribution in [0.5, 0.6) is 0 Å². The topological polar surface area (TPSA) is 58.0 Å². The molecule has 0 aliphatic rings. The molecule has 0 fully saturated rings. The van der Waals surface area contributed by atoms with Crippen LogP contribution in [0.2, 0.25) is 0 Å². The zero-order valence-electron chi connectivity index (χ0n) is 27.5. The molecule has 0 unspecified atom stereocenters. The molecule has 48 heavy (non-hydrogen) atoms. The largest absolute Gasteiger partial charge is 0.307 e. The number of aromatic nitrogens is 4. The quantitative estimate of drug-likeness (QED) is 0.157. The Bertz CT molecular complexity index is 2090. The van der Waals surface area contributed by atoms with Crippen molar-refractivity contribution in [2.24, 2.45) is 0 Å². The van der Waals surface area contributed by atoms with Crippen LogP contribution in [0.3, 0.4) is 0 Å². The molecule has 0 aliphatic heterocycles. The number of hydrogen-bond acceptors (Lipinski definition) is 6. The second-order valence-corrected chi connectivity index (χ2v) is 12.9. The Hall–Kier alpha value is -5.88. The summed E-state index contributed by atoms with van der Waals surface area (Å²) in [4.78, 5) is 22.7. The molecule has 6 heteroatoms. The van der Waals surface area contributed by atoms with Crippen molar-refractivity contribution in [1.29, 1.82) is 0 Å². The van der Waals surface area contributed by atoms with Crippen LogP contribution in [-0.4, -0.2) is 19.9 Å². The van der Waals surface area contributed by atoms with Gasteiger partial charge in [0.25, 0.3) is 0 Å². The molecule has 4 aromatic carbocycles. The van der Waals surface area contributed by atoms with Crippen LogP contribution in [-0.2, 0) is 0 Å². The van der Waals surface area contributed by atoms with Crippen LogP contribution < -0.4 is 9.80 Å². The van der Waals surface area contributed by atoms with E-state index < -0.39 is 0 Å². The fraction of sp³-hybridized carbons (Fsp3) is 0.143. The minimum Gasteiger partial charge on any atom is -0.307 e. The fourth-order valence-corrected chi connectivity index (χ4v) is 7.13. The summed E-state index contributed by atoms with van der Waals surface area (Å²) < 4.78 is 0. The number of nitrogens with zero attached hydrogens (tertiary/aromatic N) is 6. The normalized spacial score (nSPS) is 11.7. The van der Waals surface area contributed by atoms with Gasteiger partial charge in [0.1, 0.15) is 0 Å². The lowest BCUT2D eigenvalue weighted by atomic mass is 9.84. The Morgan fingerprint density at radius 2 is 0.729 bits per heavy atom. The summed E-state index contributed by atoms with van der Waals surface area (Å²) in [6, 6.07) is 30.4. The van der Waals surface area contributed by atoms with Gasteiger partial charge in [-0.3, -0.25) is 19.9 Å². The van der Waals surface area contributed by atoms with Crippen molar-refractivity contribution in [2.75, 3.05) is 9.80 Å². The maximum Gasteiger partial charge on any atom is 0.0645 e. The van der Waals surface area contributed by atoms with E-state index in [9.17, 15) is 0 Å². The van der Waals surface area contributed by atoms with Crippen LogP contribution in [0.1, 0.15) is 50.7 Å². The van der Waals surface area contributed by atoms with Gasteiger partial charge in [-0.25, -0.2) is 0 Å². The first kappa shape index (κ1) is 29.5. The highest BCUT2D eigenvalue weighted by Crippen LogP contribution is 2.50. The number of benzene rings is 4. The molecule has 0 bridgehead atoms. The highest BCUT2D eigenvalue weighted by Gasteiger charge is 2.26. The molecule has 0 saturated heterocycles. The third kappa shape index (κ3) is 4.88. The Kier molecular flexibility index (Phi) is 7.41. The molecule has 8 rings (SSSR count). The molecular weight excluding hydrogens is 589 g/mol. The van der Waals surface area contributed by atoms with Crippen molar-refractivity contribution in [3.63, 3.8) is 0 Å². The average molecular weight is 625 g/mol. The van der Waals surface area contributed by atoms with Crippen molar-refractivity contribution in [3.8, 4) is 0 Å². The van der Waals surface area contributed by atoms with E-state index in [1.807, 2.05) is 73.8 Å². The van der Waals surface area contributed by atoms with Crippen LogP contribution in [0.25, 0.3) is 32.3 Å². The lowest BCUT2D eigenvalue weighted by Crippen LogP contribution is -2.13. The lowest BCUT2D eigenvalue weighted by molar-refractivity contribution is 0.875. The molecule has 0 spiro atoms. The van der Waals surface area contributed by atoms with Gasteiger partial charge in [0.2, 0.25) is 0 Å². The molecule has 0 amide bonds. The third-order valence-corrected chi connectivity index (χ3v) is 9.26. The average Bonchev–Trinajstić information content (AvgIpc) is 3.13. The first-order valence-corrected chi connectivity index (χ1v) is 16.5. The molecule has 234 valence electrons. The maximum absolute atomic E-state index is 4.52. The van der Waals surface area contributed by atoms with Gasteiger partial charge in [-0.1, -0.05) is 52.0 Å². The van der Waals surface area contributed by atoms with Crippen LogP contribution in [0.4, 0.5) is 34.1 Å². The van der Waals surface area contributed by atoms with E-state index in [2.05, 4.69) is 118 Å².